The van der Waals surface area contributed by atoms with Crippen LogP contribution in [0.5, 0.6) is 11.5 Å². The molecule has 1 saturated carbocycles. The number of methoxy groups -OCH3 is 1. The standard InChI is InChI=1S/C48H44N6O6/c1-28-13-15-32(16-14-28)51-54-45(57)38-27-37-35(43(42-39(55)11-8-12-40(42)60-4)48(38,47(54)59)29-9-6-5-7-10-29)25-26-36-41(37)46(58)53(44(36)56)34-23-19-31(20-24-34)50-49-30-17-21-33(22-18-30)52(2)3/h5-25,36-38,41,43,51,55H,26-27H2,1-4H3. The number of imide groups is 2. The minimum absolute atomic E-state index is 0.111. The van der Waals surface area contributed by atoms with Crippen molar-refractivity contribution < 1.29 is 29.0 Å². The number of amides is 4. The summed E-state index contributed by atoms with van der Waals surface area (Å²) in [4.78, 5) is 62.8. The number of fused-ring (bicyclic) bond motifs is 4. The summed E-state index contributed by atoms with van der Waals surface area (Å²) < 4.78 is 5.89. The Morgan fingerprint density at radius 1 is 0.767 bits per heavy atom. The van der Waals surface area contributed by atoms with Crippen LogP contribution >= 0.6 is 0 Å². The van der Waals surface area contributed by atoms with Gasteiger partial charge < -0.3 is 14.7 Å². The first-order valence-corrected chi connectivity index (χ1v) is 20.0. The van der Waals surface area contributed by atoms with Gasteiger partial charge in [-0.05, 0) is 104 Å². The van der Waals surface area contributed by atoms with Crippen LogP contribution in [0.3, 0.4) is 0 Å². The smallest absolute Gasteiger partial charge is 0.260 e. The van der Waals surface area contributed by atoms with Crippen LogP contribution in [0.2, 0.25) is 0 Å². The highest BCUT2D eigenvalue weighted by molar-refractivity contribution is 6.22. The number of nitrogens with zero attached hydrogens (tertiary/aromatic N) is 5. The number of hydrazine groups is 1. The second-order valence-electron chi connectivity index (χ2n) is 16.1. The van der Waals surface area contributed by atoms with E-state index in [1.807, 2.05) is 98.7 Å². The number of carbonyl (C=O) groups is 4. The van der Waals surface area contributed by atoms with Crippen molar-refractivity contribution in [3.8, 4) is 11.5 Å². The Morgan fingerprint density at radius 3 is 2.08 bits per heavy atom. The van der Waals surface area contributed by atoms with Crippen LogP contribution in [-0.4, -0.2) is 54.9 Å². The maximum Gasteiger partial charge on any atom is 0.260 e. The van der Waals surface area contributed by atoms with Gasteiger partial charge in [-0.3, -0.25) is 29.5 Å². The zero-order chi connectivity index (χ0) is 41.9. The van der Waals surface area contributed by atoms with Gasteiger partial charge in [0.2, 0.25) is 11.8 Å². The molecule has 0 radical (unpaired) electrons. The Kier molecular flexibility index (Phi) is 9.57. The van der Waals surface area contributed by atoms with Gasteiger partial charge in [0, 0.05) is 31.3 Å². The Balaban J connectivity index is 1.11. The first-order chi connectivity index (χ1) is 29.0. The summed E-state index contributed by atoms with van der Waals surface area (Å²) in [6, 6.07) is 36.0. The lowest BCUT2D eigenvalue weighted by Gasteiger charge is -2.50. The summed E-state index contributed by atoms with van der Waals surface area (Å²) in [7, 11) is 5.42. The molecule has 0 aromatic heterocycles. The highest BCUT2D eigenvalue weighted by atomic mass is 16.5. The Hall–Kier alpha value is -7.08. The number of azo groups is 1. The van der Waals surface area contributed by atoms with Gasteiger partial charge in [-0.25, -0.2) is 0 Å². The fraction of sp³-hybridized carbons (Fsp3) is 0.250. The van der Waals surface area contributed by atoms with E-state index in [1.165, 1.54) is 12.0 Å². The Labute approximate surface area is 347 Å². The van der Waals surface area contributed by atoms with Crippen molar-refractivity contribution in [3.63, 3.8) is 0 Å². The Morgan fingerprint density at radius 2 is 1.43 bits per heavy atom. The zero-order valence-corrected chi connectivity index (χ0v) is 33.6. The molecule has 12 nitrogen and oxygen atoms in total. The predicted octanol–water partition coefficient (Wildman–Crippen LogP) is 8.38. The summed E-state index contributed by atoms with van der Waals surface area (Å²) in [5, 5.41) is 21.6. The molecule has 6 atom stereocenters. The van der Waals surface area contributed by atoms with Gasteiger partial charge in [-0.1, -0.05) is 65.7 Å². The maximum atomic E-state index is 15.4. The number of phenols is 1. The van der Waals surface area contributed by atoms with Crippen molar-refractivity contribution >= 4 is 52.1 Å². The number of aryl methyl sites for hydroxylation is 1. The molecule has 4 aliphatic rings. The topological polar surface area (TPSA) is 144 Å². The third-order valence-corrected chi connectivity index (χ3v) is 12.7. The van der Waals surface area contributed by atoms with E-state index in [0.29, 0.717) is 45.2 Å². The van der Waals surface area contributed by atoms with Crippen molar-refractivity contribution in [1.82, 2.24) is 5.01 Å². The molecule has 9 rings (SSSR count). The number of nitrogens with one attached hydrogen (secondary N) is 1. The number of ether oxygens (including phenoxy) is 1. The predicted molar refractivity (Wildman–Crippen MR) is 227 cm³/mol. The van der Waals surface area contributed by atoms with Crippen LogP contribution in [0.25, 0.3) is 0 Å². The van der Waals surface area contributed by atoms with Gasteiger partial charge in [-0.15, -0.1) is 0 Å². The molecule has 2 saturated heterocycles. The molecule has 60 heavy (non-hydrogen) atoms. The molecule has 2 aliphatic carbocycles. The van der Waals surface area contributed by atoms with Crippen molar-refractivity contribution in [1.29, 1.82) is 0 Å². The minimum atomic E-state index is -1.55. The molecule has 5 aromatic carbocycles. The van der Waals surface area contributed by atoms with Gasteiger partial charge in [0.05, 0.1) is 53.0 Å². The molecule has 0 spiro atoms. The van der Waals surface area contributed by atoms with Gasteiger partial charge in [0.1, 0.15) is 11.5 Å². The zero-order valence-electron chi connectivity index (χ0n) is 33.6. The molecular formula is C48H44N6O6. The fourth-order valence-electron chi connectivity index (χ4n) is 9.92. The lowest BCUT2D eigenvalue weighted by molar-refractivity contribution is -0.138. The second-order valence-corrected chi connectivity index (χ2v) is 16.1. The van der Waals surface area contributed by atoms with Crippen LogP contribution < -0.4 is 20.0 Å². The minimum Gasteiger partial charge on any atom is -0.508 e. The van der Waals surface area contributed by atoms with E-state index in [0.717, 1.165) is 16.3 Å². The molecule has 302 valence electrons. The number of carbonyl (C=O) groups excluding carboxylic acids is 4. The van der Waals surface area contributed by atoms with E-state index >= 15 is 4.79 Å². The van der Waals surface area contributed by atoms with Crippen LogP contribution in [0.15, 0.2) is 143 Å². The number of anilines is 3. The molecule has 2 N–H and O–H groups in total. The molecule has 4 amide bonds. The van der Waals surface area contributed by atoms with Crippen LogP contribution in [0.4, 0.5) is 28.4 Å². The summed E-state index contributed by atoms with van der Waals surface area (Å²) in [6.07, 6.45) is 2.30. The lowest BCUT2D eigenvalue weighted by Crippen LogP contribution is -2.53. The highest BCUT2D eigenvalue weighted by Crippen LogP contribution is 2.66. The number of benzene rings is 5. The van der Waals surface area contributed by atoms with E-state index in [4.69, 9.17) is 4.74 Å². The number of rotatable bonds is 9. The molecule has 3 fully saturated rings. The average molecular weight is 801 g/mol. The number of allylic oxidation sites excluding steroid dienone is 2. The van der Waals surface area contributed by atoms with Crippen molar-refractivity contribution in [2.24, 2.45) is 33.9 Å². The second kappa shape index (κ2) is 14.9. The molecular weight excluding hydrogens is 757 g/mol. The number of aromatic hydroxyl groups is 1. The van der Waals surface area contributed by atoms with E-state index in [2.05, 4.69) is 15.7 Å². The quantitative estimate of drug-likeness (QED) is 0.0860. The van der Waals surface area contributed by atoms with Gasteiger partial charge in [-0.2, -0.15) is 15.2 Å². The molecule has 6 unspecified atom stereocenters. The number of hydrogen-bond donors (Lipinski definition) is 2. The first kappa shape index (κ1) is 38.4. The summed E-state index contributed by atoms with van der Waals surface area (Å²) in [5.41, 5.74) is 7.45. The first-order valence-electron chi connectivity index (χ1n) is 20.0. The Bertz CT molecular complexity index is 2570. The van der Waals surface area contributed by atoms with E-state index in [-0.39, 0.29) is 30.4 Å². The van der Waals surface area contributed by atoms with Crippen molar-refractivity contribution in [3.05, 3.63) is 150 Å². The number of phenolic OH excluding ortho intramolecular Hbond substituents is 1. The van der Waals surface area contributed by atoms with E-state index in [1.54, 1.807) is 54.6 Å². The van der Waals surface area contributed by atoms with Gasteiger partial charge in [0.15, 0.2) is 0 Å². The van der Waals surface area contributed by atoms with Gasteiger partial charge in [0.25, 0.3) is 11.8 Å². The van der Waals surface area contributed by atoms with Crippen LogP contribution in [0, 0.1) is 30.6 Å². The molecule has 5 aromatic rings. The van der Waals surface area contributed by atoms with Crippen molar-refractivity contribution in [2.45, 2.75) is 31.1 Å². The van der Waals surface area contributed by atoms with Crippen LogP contribution in [0.1, 0.15) is 35.4 Å². The third kappa shape index (κ3) is 6.04. The van der Waals surface area contributed by atoms with E-state index < -0.39 is 46.8 Å². The summed E-state index contributed by atoms with van der Waals surface area (Å²) in [5.74, 6) is -5.49. The van der Waals surface area contributed by atoms with E-state index in [9.17, 15) is 19.5 Å². The SMILES string of the molecule is COc1cccc(O)c1C1C2=CCC3C(=O)N(c4ccc(N=Nc5ccc(N(C)C)cc5)cc4)C(=O)C3C2CC2C(=O)N(Nc3ccc(C)cc3)C(=O)C21c1ccccc1. The molecule has 12 heteroatoms. The summed E-state index contributed by atoms with van der Waals surface area (Å²) >= 11 is 0. The average Bonchev–Trinajstić information content (AvgIpc) is 3.64. The highest BCUT2D eigenvalue weighted by Gasteiger charge is 2.71. The largest absolute Gasteiger partial charge is 0.508 e. The normalized spacial score (nSPS) is 24.6. The number of hydrogen-bond acceptors (Lipinski definition) is 10. The molecule has 0 bridgehead atoms. The van der Waals surface area contributed by atoms with Gasteiger partial charge >= 0.3 is 0 Å². The monoisotopic (exact) mass is 800 g/mol. The third-order valence-electron chi connectivity index (χ3n) is 12.7. The molecule has 2 aliphatic heterocycles. The van der Waals surface area contributed by atoms with Crippen LogP contribution in [-0.2, 0) is 24.6 Å². The van der Waals surface area contributed by atoms with Crippen molar-refractivity contribution in [2.75, 3.05) is 36.4 Å². The molecule has 2 heterocycles. The lowest BCUT2D eigenvalue weighted by atomic mass is 9.49. The maximum absolute atomic E-state index is 15.4. The summed E-state index contributed by atoms with van der Waals surface area (Å²) in [6.45, 7) is 1.95. The fourth-order valence-corrected chi connectivity index (χ4v) is 9.92.